The minimum absolute atomic E-state index is 0.700. The maximum atomic E-state index is 4.72. The summed E-state index contributed by atoms with van der Waals surface area (Å²) in [6.45, 7) is 7.85. The maximum absolute atomic E-state index is 4.72. The summed E-state index contributed by atoms with van der Waals surface area (Å²) in [4.78, 5) is 9.19. The van der Waals surface area contributed by atoms with Crippen LogP contribution in [0, 0.1) is 6.92 Å². The van der Waals surface area contributed by atoms with Gasteiger partial charge in [-0.3, -0.25) is 0 Å². The van der Waals surface area contributed by atoms with E-state index in [-0.39, 0.29) is 0 Å². The molecule has 1 aromatic heterocycles. The number of rotatable bonds is 16. The third-order valence-electron chi connectivity index (χ3n) is 8.03. The van der Waals surface area contributed by atoms with Crippen LogP contribution in [0.2, 0.25) is 0 Å². The van der Waals surface area contributed by atoms with Crippen LogP contribution in [0.5, 0.6) is 0 Å². The van der Waals surface area contributed by atoms with E-state index in [0.29, 0.717) is 5.95 Å². The summed E-state index contributed by atoms with van der Waals surface area (Å²) in [5, 5.41) is 17.9. The van der Waals surface area contributed by atoms with Crippen LogP contribution in [-0.2, 0) is 13.1 Å². The predicted octanol–water partition coefficient (Wildman–Crippen LogP) is 5.52. The van der Waals surface area contributed by atoms with Gasteiger partial charge in [-0.25, -0.2) is 4.98 Å². The zero-order valence-corrected chi connectivity index (χ0v) is 23.7. The largest absolute Gasteiger partial charge is 0.366 e. The minimum Gasteiger partial charge on any atom is -0.366 e. The molecule has 2 aromatic rings. The monoisotopic (exact) mass is 521 g/mol. The first kappa shape index (κ1) is 28.8. The number of nitrogens with one attached hydrogen (secondary N) is 5. The van der Waals surface area contributed by atoms with Crippen LogP contribution in [0.15, 0.2) is 30.5 Å². The van der Waals surface area contributed by atoms with Gasteiger partial charge < -0.3 is 26.6 Å². The SMILES string of the molecule is Cc1cnc(NCCCNC2CCCCC2)nc1NCc1ccc(CNCCCNC2CCCCC2)cc1. The Bertz CT molecular complexity index is 905. The number of hydrogen-bond acceptors (Lipinski definition) is 7. The summed E-state index contributed by atoms with van der Waals surface area (Å²) in [5.74, 6) is 1.60. The zero-order valence-electron chi connectivity index (χ0n) is 23.7. The van der Waals surface area contributed by atoms with Crippen molar-refractivity contribution in [2.24, 2.45) is 0 Å². The van der Waals surface area contributed by atoms with Crippen molar-refractivity contribution < 1.29 is 0 Å². The van der Waals surface area contributed by atoms with Crippen LogP contribution in [0.25, 0.3) is 0 Å². The first-order chi connectivity index (χ1) is 18.8. The lowest BCUT2D eigenvalue weighted by atomic mass is 9.95. The van der Waals surface area contributed by atoms with Crippen molar-refractivity contribution in [2.75, 3.05) is 36.8 Å². The van der Waals surface area contributed by atoms with E-state index in [4.69, 9.17) is 4.98 Å². The van der Waals surface area contributed by atoms with Gasteiger partial charge in [0.15, 0.2) is 0 Å². The topological polar surface area (TPSA) is 85.9 Å². The predicted molar refractivity (Wildman–Crippen MR) is 160 cm³/mol. The van der Waals surface area contributed by atoms with E-state index in [2.05, 4.69) is 62.8 Å². The quantitative estimate of drug-likeness (QED) is 0.186. The Hall–Kier alpha value is -2.22. The van der Waals surface area contributed by atoms with Crippen LogP contribution in [0.1, 0.15) is 93.7 Å². The lowest BCUT2D eigenvalue weighted by Gasteiger charge is -2.22. The van der Waals surface area contributed by atoms with Crippen LogP contribution in [-0.4, -0.2) is 48.2 Å². The van der Waals surface area contributed by atoms with E-state index in [1.807, 2.05) is 6.20 Å². The third kappa shape index (κ3) is 10.5. The van der Waals surface area contributed by atoms with E-state index in [1.165, 1.54) is 81.8 Å². The van der Waals surface area contributed by atoms with Crippen molar-refractivity contribution in [3.8, 4) is 0 Å². The molecule has 38 heavy (non-hydrogen) atoms. The molecule has 0 amide bonds. The molecule has 0 unspecified atom stereocenters. The van der Waals surface area contributed by atoms with Gasteiger partial charge in [-0.15, -0.1) is 0 Å². The zero-order chi connectivity index (χ0) is 26.3. The van der Waals surface area contributed by atoms with E-state index in [0.717, 1.165) is 69.2 Å². The Morgan fingerprint density at radius 2 is 1.26 bits per heavy atom. The van der Waals surface area contributed by atoms with Crippen molar-refractivity contribution in [3.05, 3.63) is 47.2 Å². The number of anilines is 2. The highest BCUT2D eigenvalue weighted by atomic mass is 15.1. The smallest absolute Gasteiger partial charge is 0.224 e. The average molecular weight is 522 g/mol. The van der Waals surface area contributed by atoms with Gasteiger partial charge in [0.25, 0.3) is 0 Å². The maximum Gasteiger partial charge on any atom is 0.224 e. The molecule has 4 rings (SSSR count). The highest BCUT2D eigenvalue weighted by Gasteiger charge is 2.12. The third-order valence-corrected chi connectivity index (χ3v) is 8.03. The van der Waals surface area contributed by atoms with Gasteiger partial charge >= 0.3 is 0 Å². The second-order valence-electron chi connectivity index (χ2n) is 11.3. The molecular weight excluding hydrogens is 470 g/mol. The van der Waals surface area contributed by atoms with Crippen molar-refractivity contribution in [3.63, 3.8) is 0 Å². The summed E-state index contributed by atoms with van der Waals surface area (Å²) in [7, 11) is 0. The number of aryl methyl sites for hydroxylation is 1. The van der Waals surface area contributed by atoms with Gasteiger partial charge in [-0.05, 0) is 76.2 Å². The first-order valence-corrected chi connectivity index (χ1v) is 15.3. The first-order valence-electron chi connectivity index (χ1n) is 15.3. The molecule has 2 aliphatic carbocycles. The lowest BCUT2D eigenvalue weighted by Crippen LogP contribution is -2.33. The van der Waals surface area contributed by atoms with E-state index < -0.39 is 0 Å². The Morgan fingerprint density at radius 1 is 0.684 bits per heavy atom. The van der Waals surface area contributed by atoms with Crippen LogP contribution < -0.4 is 26.6 Å². The Labute approximate surface area is 230 Å². The molecule has 0 atom stereocenters. The molecule has 0 bridgehead atoms. The van der Waals surface area contributed by atoms with Crippen molar-refractivity contribution >= 4 is 11.8 Å². The number of benzene rings is 1. The van der Waals surface area contributed by atoms with Gasteiger partial charge in [0.1, 0.15) is 5.82 Å². The highest BCUT2D eigenvalue weighted by molar-refractivity contribution is 5.47. The number of aromatic nitrogens is 2. The molecule has 5 N–H and O–H groups in total. The number of hydrogen-bond donors (Lipinski definition) is 5. The molecule has 0 saturated heterocycles. The fourth-order valence-corrected chi connectivity index (χ4v) is 5.63. The van der Waals surface area contributed by atoms with Gasteiger partial charge in [0.2, 0.25) is 5.95 Å². The summed E-state index contributed by atoms with van der Waals surface area (Å²) < 4.78 is 0. The van der Waals surface area contributed by atoms with Gasteiger partial charge in [-0.1, -0.05) is 62.8 Å². The molecule has 2 fully saturated rings. The summed E-state index contributed by atoms with van der Waals surface area (Å²) in [6.07, 6.45) is 17.9. The molecular formula is C31H51N7. The Kier molecular flexibility index (Phi) is 12.6. The van der Waals surface area contributed by atoms with Crippen LogP contribution in [0.3, 0.4) is 0 Å². The standard InChI is InChI=1S/C31H51N7/c1-25-22-37-31(35-21-9-20-34-29-12-6-3-7-13-29)38-30(25)36-24-27-16-14-26(15-17-27)23-32-18-8-19-33-28-10-4-2-5-11-28/h14-17,22,28-29,32-34H,2-13,18-21,23-24H2,1H3,(H2,35,36,37,38). The molecule has 1 aromatic carbocycles. The fourth-order valence-electron chi connectivity index (χ4n) is 5.63. The van der Waals surface area contributed by atoms with Crippen molar-refractivity contribution in [2.45, 2.75) is 109 Å². The highest BCUT2D eigenvalue weighted by Crippen LogP contribution is 2.18. The van der Waals surface area contributed by atoms with E-state index in [9.17, 15) is 0 Å². The molecule has 2 saturated carbocycles. The summed E-state index contributed by atoms with van der Waals surface area (Å²) in [6, 6.07) is 10.4. The van der Waals surface area contributed by atoms with E-state index >= 15 is 0 Å². The minimum atomic E-state index is 0.700. The molecule has 2 aliphatic rings. The molecule has 210 valence electrons. The van der Waals surface area contributed by atoms with Crippen LogP contribution >= 0.6 is 0 Å². The molecule has 7 nitrogen and oxygen atoms in total. The second-order valence-corrected chi connectivity index (χ2v) is 11.3. The Morgan fingerprint density at radius 3 is 1.89 bits per heavy atom. The molecule has 0 spiro atoms. The van der Waals surface area contributed by atoms with Gasteiger partial charge in [-0.2, -0.15) is 4.98 Å². The lowest BCUT2D eigenvalue weighted by molar-refractivity contribution is 0.371. The second kappa shape index (κ2) is 16.7. The normalized spacial score (nSPS) is 17.0. The fraction of sp³-hybridized carbons (Fsp3) is 0.677. The molecule has 1 heterocycles. The summed E-state index contributed by atoms with van der Waals surface area (Å²) >= 11 is 0. The van der Waals surface area contributed by atoms with Crippen molar-refractivity contribution in [1.29, 1.82) is 0 Å². The Balaban J connectivity index is 1.09. The van der Waals surface area contributed by atoms with Crippen molar-refractivity contribution in [1.82, 2.24) is 25.9 Å². The molecule has 0 aliphatic heterocycles. The molecule has 7 heteroatoms. The average Bonchev–Trinajstić information content (AvgIpc) is 2.96. The van der Waals surface area contributed by atoms with E-state index in [1.54, 1.807) is 0 Å². The van der Waals surface area contributed by atoms with Crippen LogP contribution in [0.4, 0.5) is 11.8 Å². The number of nitrogens with zero attached hydrogens (tertiary/aromatic N) is 2. The van der Waals surface area contributed by atoms with Gasteiger partial charge in [0.05, 0.1) is 0 Å². The van der Waals surface area contributed by atoms with Gasteiger partial charge in [0, 0.05) is 43.5 Å². The molecule has 0 radical (unpaired) electrons. The summed E-state index contributed by atoms with van der Waals surface area (Å²) in [5.41, 5.74) is 3.65.